The molecule has 23 heavy (non-hydrogen) atoms. The predicted octanol–water partition coefficient (Wildman–Crippen LogP) is 5.14. The van der Waals surface area contributed by atoms with E-state index in [4.69, 9.17) is 5.11 Å². The molecule has 0 rings (SSSR count). The first kappa shape index (κ1) is 21.4. The van der Waals surface area contributed by atoms with Gasteiger partial charge >= 0.3 is 5.97 Å². The van der Waals surface area contributed by atoms with Gasteiger partial charge in [-0.1, -0.05) is 57.3 Å². The Morgan fingerprint density at radius 2 is 1.78 bits per heavy atom. The van der Waals surface area contributed by atoms with Crippen LogP contribution in [0.25, 0.3) is 0 Å². The Kier molecular flexibility index (Phi) is 14.2. The summed E-state index contributed by atoms with van der Waals surface area (Å²) >= 11 is 0. The van der Waals surface area contributed by atoms with Gasteiger partial charge in [-0.05, 0) is 31.8 Å². The second-order valence-corrected chi connectivity index (χ2v) is 5.86. The smallest absolute Gasteiger partial charge is 0.303 e. The summed E-state index contributed by atoms with van der Waals surface area (Å²) in [5.41, 5.74) is 0. The summed E-state index contributed by atoms with van der Waals surface area (Å²) in [6.07, 6.45) is 17.0. The molecule has 0 spiro atoms. The van der Waals surface area contributed by atoms with Crippen molar-refractivity contribution >= 4 is 5.97 Å². The van der Waals surface area contributed by atoms with Gasteiger partial charge in [0, 0.05) is 17.8 Å². The molecule has 5 nitrogen and oxygen atoms in total. The molecule has 0 aromatic rings. The van der Waals surface area contributed by atoms with Crippen molar-refractivity contribution in [3.8, 4) is 0 Å². The highest BCUT2D eigenvalue weighted by atomic mass is 16.6. The summed E-state index contributed by atoms with van der Waals surface area (Å²) in [5.74, 6) is -0.758. The van der Waals surface area contributed by atoms with Crippen LogP contribution in [0.15, 0.2) is 24.3 Å². The van der Waals surface area contributed by atoms with Crippen LogP contribution >= 0.6 is 0 Å². The van der Waals surface area contributed by atoms with E-state index >= 15 is 0 Å². The van der Waals surface area contributed by atoms with E-state index in [0.29, 0.717) is 12.8 Å². The van der Waals surface area contributed by atoms with Crippen LogP contribution in [0, 0.1) is 10.1 Å². The molecular formula is C18H31NO4. The van der Waals surface area contributed by atoms with E-state index in [9.17, 15) is 14.9 Å². The molecule has 0 fully saturated rings. The zero-order chi connectivity index (χ0) is 17.3. The highest BCUT2D eigenvalue weighted by Crippen LogP contribution is 2.11. The van der Waals surface area contributed by atoms with Crippen molar-refractivity contribution in [2.75, 3.05) is 0 Å². The van der Waals surface area contributed by atoms with Gasteiger partial charge in [0.05, 0.1) is 0 Å². The van der Waals surface area contributed by atoms with Crippen LogP contribution in [0.3, 0.4) is 0 Å². The first-order chi connectivity index (χ1) is 11.1. The number of unbranched alkanes of at least 4 members (excludes halogenated alkanes) is 7. The lowest BCUT2D eigenvalue weighted by Gasteiger charge is -2.04. The maximum Gasteiger partial charge on any atom is 0.303 e. The fraction of sp³-hybridized carbons (Fsp3) is 0.722. The summed E-state index contributed by atoms with van der Waals surface area (Å²) in [4.78, 5) is 21.1. The number of carboxylic acids is 1. The standard InChI is InChI=1S/C18H31NO4/c1-2-3-4-5-6-8-11-14-17(19(22)23)15-12-9-7-10-13-16-18(20)21/h6,8,11,14,17H,2-5,7,9-10,12-13,15-16H2,1H3,(H,20,21)/b8-6?,14-11+. The number of allylic oxidation sites excluding steroid dienone is 3. The molecule has 0 aromatic heterocycles. The van der Waals surface area contributed by atoms with Crippen molar-refractivity contribution in [3.63, 3.8) is 0 Å². The Labute approximate surface area is 139 Å². The van der Waals surface area contributed by atoms with E-state index in [2.05, 4.69) is 13.0 Å². The zero-order valence-corrected chi connectivity index (χ0v) is 14.3. The Hall–Kier alpha value is -1.65. The summed E-state index contributed by atoms with van der Waals surface area (Å²) in [7, 11) is 0. The van der Waals surface area contributed by atoms with E-state index in [1.165, 1.54) is 19.3 Å². The molecule has 1 atom stereocenters. The molecule has 0 heterocycles. The minimum absolute atomic E-state index is 0.213. The number of carboxylic acid groups (broad SMARTS) is 1. The Balaban J connectivity index is 3.81. The lowest BCUT2D eigenvalue weighted by atomic mass is 10.1. The van der Waals surface area contributed by atoms with E-state index in [0.717, 1.165) is 32.1 Å². The Bertz CT molecular complexity index is 377. The predicted molar refractivity (Wildman–Crippen MR) is 93.2 cm³/mol. The molecule has 0 aromatic carbocycles. The van der Waals surface area contributed by atoms with Crippen molar-refractivity contribution in [1.82, 2.24) is 0 Å². The maximum atomic E-state index is 11.0. The van der Waals surface area contributed by atoms with Gasteiger partial charge in [0.2, 0.25) is 6.04 Å². The number of nitro groups is 1. The highest BCUT2D eigenvalue weighted by molar-refractivity contribution is 5.66. The normalized spacial score (nSPS) is 12.9. The Morgan fingerprint density at radius 1 is 1.09 bits per heavy atom. The number of rotatable bonds is 15. The third kappa shape index (κ3) is 15.0. The fourth-order valence-corrected chi connectivity index (χ4v) is 2.31. The monoisotopic (exact) mass is 325 g/mol. The highest BCUT2D eigenvalue weighted by Gasteiger charge is 2.14. The number of aliphatic carboxylic acids is 1. The molecule has 0 aliphatic rings. The lowest BCUT2D eigenvalue weighted by molar-refractivity contribution is -0.510. The molecule has 0 amide bonds. The average Bonchev–Trinajstić information content (AvgIpc) is 2.50. The average molecular weight is 325 g/mol. The third-order valence-electron chi connectivity index (χ3n) is 3.72. The summed E-state index contributed by atoms with van der Waals surface area (Å²) in [6.45, 7) is 2.16. The minimum Gasteiger partial charge on any atom is -0.481 e. The van der Waals surface area contributed by atoms with Gasteiger partial charge in [-0.2, -0.15) is 0 Å². The molecule has 0 aliphatic heterocycles. The topological polar surface area (TPSA) is 80.4 Å². The van der Waals surface area contributed by atoms with Crippen LogP contribution in [-0.2, 0) is 4.79 Å². The first-order valence-corrected chi connectivity index (χ1v) is 8.76. The quantitative estimate of drug-likeness (QED) is 0.196. The van der Waals surface area contributed by atoms with E-state index in [1.54, 1.807) is 12.2 Å². The summed E-state index contributed by atoms with van der Waals surface area (Å²) < 4.78 is 0. The summed E-state index contributed by atoms with van der Waals surface area (Å²) in [6, 6.07) is -0.616. The van der Waals surface area contributed by atoms with Gasteiger partial charge in [-0.15, -0.1) is 0 Å². The van der Waals surface area contributed by atoms with Gasteiger partial charge in [-0.25, -0.2) is 0 Å². The van der Waals surface area contributed by atoms with Crippen molar-refractivity contribution < 1.29 is 14.8 Å². The number of carbonyl (C=O) groups is 1. The fourth-order valence-electron chi connectivity index (χ4n) is 2.31. The number of hydrogen-bond acceptors (Lipinski definition) is 3. The molecule has 5 heteroatoms. The van der Waals surface area contributed by atoms with Crippen molar-refractivity contribution in [1.29, 1.82) is 0 Å². The van der Waals surface area contributed by atoms with Crippen LogP contribution in [0.5, 0.6) is 0 Å². The van der Waals surface area contributed by atoms with Crippen LogP contribution < -0.4 is 0 Å². The SMILES string of the molecule is CCCCCC=C/C=C/C(CCCCCCCC(=O)O)[N+](=O)[O-]. The first-order valence-electron chi connectivity index (χ1n) is 8.76. The van der Waals surface area contributed by atoms with Gasteiger partial charge in [0.1, 0.15) is 0 Å². The molecule has 0 bridgehead atoms. The van der Waals surface area contributed by atoms with Gasteiger partial charge in [0.25, 0.3) is 0 Å². The second kappa shape index (κ2) is 15.3. The Morgan fingerprint density at radius 3 is 2.43 bits per heavy atom. The van der Waals surface area contributed by atoms with Gasteiger partial charge in [0.15, 0.2) is 0 Å². The van der Waals surface area contributed by atoms with Crippen molar-refractivity contribution in [2.45, 2.75) is 83.6 Å². The number of nitrogens with zero attached hydrogens (tertiary/aromatic N) is 1. The zero-order valence-electron chi connectivity index (χ0n) is 14.3. The minimum atomic E-state index is -0.758. The molecule has 0 aliphatic carbocycles. The molecule has 0 radical (unpaired) electrons. The molecule has 1 N–H and O–H groups in total. The van der Waals surface area contributed by atoms with Crippen molar-refractivity contribution in [3.05, 3.63) is 34.4 Å². The van der Waals surface area contributed by atoms with Crippen LogP contribution in [-0.4, -0.2) is 22.0 Å². The van der Waals surface area contributed by atoms with Gasteiger partial charge < -0.3 is 5.11 Å². The number of hydrogen-bond donors (Lipinski definition) is 1. The summed E-state index contributed by atoms with van der Waals surface area (Å²) in [5, 5.41) is 19.5. The van der Waals surface area contributed by atoms with Crippen LogP contribution in [0.1, 0.15) is 77.6 Å². The van der Waals surface area contributed by atoms with E-state index < -0.39 is 12.0 Å². The maximum absolute atomic E-state index is 11.0. The van der Waals surface area contributed by atoms with E-state index in [-0.39, 0.29) is 11.3 Å². The molecular weight excluding hydrogens is 294 g/mol. The van der Waals surface area contributed by atoms with E-state index in [1.807, 2.05) is 6.08 Å². The van der Waals surface area contributed by atoms with Crippen molar-refractivity contribution in [2.24, 2.45) is 0 Å². The largest absolute Gasteiger partial charge is 0.481 e. The van der Waals surface area contributed by atoms with Crippen LogP contribution in [0.2, 0.25) is 0 Å². The lowest BCUT2D eigenvalue weighted by Crippen LogP contribution is -2.16. The molecule has 132 valence electrons. The molecule has 0 saturated carbocycles. The van der Waals surface area contributed by atoms with Gasteiger partial charge in [-0.3, -0.25) is 14.9 Å². The third-order valence-corrected chi connectivity index (χ3v) is 3.72. The molecule has 1 unspecified atom stereocenters. The molecule has 0 saturated heterocycles. The second-order valence-electron chi connectivity index (χ2n) is 5.86. The van der Waals surface area contributed by atoms with Crippen LogP contribution in [0.4, 0.5) is 0 Å².